The smallest absolute Gasteiger partial charge is 0.163 e. The quantitative estimate of drug-likeness (QED) is 0.931. The minimum absolute atomic E-state index is 0.151. The molecular weight excluding hydrogens is 248 g/mol. The standard InChI is InChI=1S/C16H22N4/c1-11-18-14(9-10-17)20-15(19-11)12-5-7-13(8-6-12)16(2,3)4/h5-8H,9-10,17H2,1-4H3. The molecule has 0 spiro atoms. The minimum Gasteiger partial charge on any atom is -0.330 e. The summed E-state index contributed by atoms with van der Waals surface area (Å²) in [5.41, 5.74) is 8.03. The molecule has 0 radical (unpaired) electrons. The fourth-order valence-corrected chi connectivity index (χ4v) is 2.03. The van der Waals surface area contributed by atoms with Crippen LogP contribution in [-0.2, 0) is 11.8 Å². The lowest BCUT2D eigenvalue weighted by molar-refractivity contribution is 0.590. The zero-order valence-electron chi connectivity index (χ0n) is 12.6. The zero-order chi connectivity index (χ0) is 14.8. The molecule has 0 saturated carbocycles. The first kappa shape index (κ1) is 14.6. The van der Waals surface area contributed by atoms with Crippen molar-refractivity contribution >= 4 is 0 Å². The summed E-state index contributed by atoms with van der Waals surface area (Å²) in [5, 5.41) is 0. The molecule has 2 aromatic rings. The van der Waals surface area contributed by atoms with Crippen LogP contribution in [-0.4, -0.2) is 21.5 Å². The average Bonchev–Trinajstić information content (AvgIpc) is 2.37. The van der Waals surface area contributed by atoms with E-state index in [1.165, 1.54) is 5.56 Å². The van der Waals surface area contributed by atoms with E-state index >= 15 is 0 Å². The summed E-state index contributed by atoms with van der Waals surface area (Å²) >= 11 is 0. The Morgan fingerprint density at radius 1 is 1.00 bits per heavy atom. The molecule has 0 unspecified atom stereocenters. The highest BCUT2D eigenvalue weighted by Gasteiger charge is 2.14. The maximum atomic E-state index is 5.57. The molecule has 4 nitrogen and oxygen atoms in total. The molecule has 0 amide bonds. The van der Waals surface area contributed by atoms with Gasteiger partial charge in [-0.1, -0.05) is 45.0 Å². The van der Waals surface area contributed by atoms with Gasteiger partial charge in [-0.2, -0.15) is 0 Å². The number of nitrogens with two attached hydrogens (primary N) is 1. The van der Waals surface area contributed by atoms with Crippen molar-refractivity contribution in [1.29, 1.82) is 0 Å². The van der Waals surface area contributed by atoms with Crippen LogP contribution in [0.4, 0.5) is 0 Å². The highest BCUT2D eigenvalue weighted by atomic mass is 15.0. The molecule has 1 aromatic carbocycles. The summed E-state index contributed by atoms with van der Waals surface area (Å²) in [4.78, 5) is 13.2. The van der Waals surface area contributed by atoms with E-state index in [1.807, 2.05) is 6.92 Å². The number of aromatic nitrogens is 3. The van der Waals surface area contributed by atoms with Gasteiger partial charge in [-0.15, -0.1) is 0 Å². The number of hydrogen-bond donors (Lipinski definition) is 1. The lowest BCUT2D eigenvalue weighted by Crippen LogP contribution is -2.11. The van der Waals surface area contributed by atoms with Crippen LogP contribution in [0.5, 0.6) is 0 Å². The lowest BCUT2D eigenvalue weighted by Gasteiger charge is -2.19. The average molecular weight is 270 g/mol. The molecular formula is C16H22N4. The molecule has 0 aliphatic carbocycles. The molecule has 0 saturated heterocycles. The second kappa shape index (κ2) is 5.67. The van der Waals surface area contributed by atoms with Crippen LogP contribution in [0, 0.1) is 6.92 Å². The van der Waals surface area contributed by atoms with Gasteiger partial charge in [0.15, 0.2) is 5.82 Å². The number of rotatable bonds is 3. The minimum atomic E-state index is 0.151. The van der Waals surface area contributed by atoms with Gasteiger partial charge in [0.1, 0.15) is 11.6 Å². The zero-order valence-corrected chi connectivity index (χ0v) is 12.6. The van der Waals surface area contributed by atoms with Crippen LogP contribution in [0.3, 0.4) is 0 Å². The van der Waals surface area contributed by atoms with Crippen molar-refractivity contribution in [2.45, 2.75) is 39.5 Å². The Kier molecular flexibility index (Phi) is 4.14. The van der Waals surface area contributed by atoms with E-state index in [4.69, 9.17) is 5.73 Å². The molecule has 2 rings (SSSR count). The molecule has 20 heavy (non-hydrogen) atoms. The molecule has 0 atom stereocenters. The van der Waals surface area contributed by atoms with Gasteiger partial charge in [-0.3, -0.25) is 0 Å². The van der Waals surface area contributed by atoms with Gasteiger partial charge >= 0.3 is 0 Å². The van der Waals surface area contributed by atoms with Crippen LogP contribution in [0.15, 0.2) is 24.3 Å². The number of aryl methyl sites for hydroxylation is 1. The maximum Gasteiger partial charge on any atom is 0.163 e. The highest BCUT2D eigenvalue weighted by Crippen LogP contribution is 2.24. The Hall–Kier alpha value is -1.81. The summed E-state index contributed by atoms with van der Waals surface area (Å²) in [6, 6.07) is 8.41. The first-order valence-electron chi connectivity index (χ1n) is 6.92. The van der Waals surface area contributed by atoms with E-state index in [0.717, 1.165) is 23.0 Å². The fraction of sp³-hybridized carbons (Fsp3) is 0.438. The van der Waals surface area contributed by atoms with Crippen LogP contribution in [0.1, 0.15) is 38.0 Å². The van der Waals surface area contributed by atoms with Gasteiger partial charge in [0.2, 0.25) is 0 Å². The number of hydrogen-bond acceptors (Lipinski definition) is 4. The Morgan fingerprint density at radius 2 is 1.65 bits per heavy atom. The molecule has 4 heteroatoms. The van der Waals surface area contributed by atoms with Gasteiger partial charge in [0.05, 0.1) is 0 Å². The van der Waals surface area contributed by atoms with Crippen molar-refractivity contribution in [3.63, 3.8) is 0 Å². The van der Waals surface area contributed by atoms with Gasteiger partial charge < -0.3 is 5.73 Å². The third-order valence-electron chi connectivity index (χ3n) is 3.17. The Labute approximate surface area is 120 Å². The molecule has 1 aromatic heterocycles. The second-order valence-corrected chi connectivity index (χ2v) is 5.99. The summed E-state index contributed by atoms with van der Waals surface area (Å²) in [5.74, 6) is 2.22. The summed E-state index contributed by atoms with van der Waals surface area (Å²) in [7, 11) is 0. The van der Waals surface area contributed by atoms with Gasteiger partial charge in [0, 0.05) is 12.0 Å². The predicted octanol–water partition coefficient (Wildman–Crippen LogP) is 2.65. The second-order valence-electron chi connectivity index (χ2n) is 5.99. The number of benzene rings is 1. The van der Waals surface area contributed by atoms with Gasteiger partial charge in [-0.25, -0.2) is 15.0 Å². The first-order valence-corrected chi connectivity index (χ1v) is 6.92. The van der Waals surface area contributed by atoms with Crippen LogP contribution in [0.2, 0.25) is 0 Å². The maximum absolute atomic E-state index is 5.57. The largest absolute Gasteiger partial charge is 0.330 e. The van der Waals surface area contributed by atoms with E-state index in [2.05, 4.69) is 60.0 Å². The normalized spacial score (nSPS) is 11.7. The van der Waals surface area contributed by atoms with Crippen molar-refractivity contribution in [2.24, 2.45) is 5.73 Å². The predicted molar refractivity (Wildman–Crippen MR) is 81.5 cm³/mol. The summed E-state index contributed by atoms with van der Waals surface area (Å²) in [6.07, 6.45) is 0.677. The van der Waals surface area contributed by atoms with E-state index in [1.54, 1.807) is 0 Å². The first-order chi connectivity index (χ1) is 9.40. The van der Waals surface area contributed by atoms with Crippen LogP contribution >= 0.6 is 0 Å². The molecule has 106 valence electrons. The van der Waals surface area contributed by atoms with E-state index in [-0.39, 0.29) is 5.41 Å². The molecule has 0 fully saturated rings. The van der Waals surface area contributed by atoms with E-state index in [9.17, 15) is 0 Å². The number of nitrogens with zero attached hydrogens (tertiary/aromatic N) is 3. The fourth-order valence-electron chi connectivity index (χ4n) is 2.03. The molecule has 0 bridgehead atoms. The van der Waals surface area contributed by atoms with Gasteiger partial charge in [-0.05, 0) is 24.4 Å². The van der Waals surface area contributed by atoms with Crippen molar-refractivity contribution in [3.8, 4) is 11.4 Å². The Morgan fingerprint density at radius 3 is 2.20 bits per heavy atom. The molecule has 1 heterocycles. The van der Waals surface area contributed by atoms with E-state index < -0.39 is 0 Å². The van der Waals surface area contributed by atoms with Crippen molar-refractivity contribution < 1.29 is 0 Å². The molecule has 0 aliphatic rings. The monoisotopic (exact) mass is 270 g/mol. The molecule has 2 N–H and O–H groups in total. The Bertz CT molecular complexity index is 582. The summed E-state index contributed by atoms with van der Waals surface area (Å²) < 4.78 is 0. The van der Waals surface area contributed by atoms with Crippen LogP contribution < -0.4 is 5.73 Å². The molecule has 0 aliphatic heterocycles. The lowest BCUT2D eigenvalue weighted by atomic mass is 9.87. The Balaban J connectivity index is 2.36. The van der Waals surface area contributed by atoms with Crippen molar-refractivity contribution in [3.05, 3.63) is 41.5 Å². The summed E-state index contributed by atoms with van der Waals surface area (Å²) in [6.45, 7) is 9.04. The van der Waals surface area contributed by atoms with Crippen molar-refractivity contribution in [1.82, 2.24) is 15.0 Å². The van der Waals surface area contributed by atoms with Gasteiger partial charge in [0.25, 0.3) is 0 Å². The van der Waals surface area contributed by atoms with Crippen molar-refractivity contribution in [2.75, 3.05) is 6.54 Å². The third kappa shape index (κ3) is 3.39. The third-order valence-corrected chi connectivity index (χ3v) is 3.17. The van der Waals surface area contributed by atoms with Crippen LogP contribution in [0.25, 0.3) is 11.4 Å². The SMILES string of the molecule is Cc1nc(CCN)nc(-c2ccc(C(C)(C)C)cc2)n1. The van der Waals surface area contributed by atoms with E-state index in [0.29, 0.717) is 13.0 Å². The topological polar surface area (TPSA) is 64.7 Å². The highest BCUT2D eigenvalue weighted by molar-refractivity contribution is 5.55.